The molecule has 0 aromatic heterocycles. The first-order valence-electron chi connectivity index (χ1n) is 11.0. The van der Waals surface area contributed by atoms with E-state index in [0.29, 0.717) is 29.6 Å². The molecular weight excluding hydrogens is 380 g/mol. The summed E-state index contributed by atoms with van der Waals surface area (Å²) in [5.41, 5.74) is 1.05. The number of hydrogen-bond donors (Lipinski definition) is 0. The lowest BCUT2D eigenvalue weighted by Gasteiger charge is -2.22. The molecule has 0 N–H and O–H groups in total. The second kappa shape index (κ2) is 6.13. The van der Waals surface area contributed by atoms with Crippen molar-refractivity contribution in [3.63, 3.8) is 0 Å². The molecule has 6 rings (SSSR count). The van der Waals surface area contributed by atoms with Crippen molar-refractivity contribution in [1.82, 2.24) is 0 Å². The number of hydrogen-bond acceptors (Lipinski definition) is 4. The Bertz CT molecular complexity index is 964. The molecular formula is C24H24N2O4. The number of carbonyl (C=O) groups is 4. The second-order valence-electron chi connectivity index (χ2n) is 9.58. The molecule has 3 aliphatic carbocycles. The fourth-order valence-corrected chi connectivity index (χ4v) is 6.82. The van der Waals surface area contributed by atoms with Crippen molar-refractivity contribution >= 4 is 35.0 Å². The van der Waals surface area contributed by atoms with Gasteiger partial charge < -0.3 is 0 Å². The van der Waals surface area contributed by atoms with Crippen molar-refractivity contribution in [1.29, 1.82) is 0 Å². The van der Waals surface area contributed by atoms with Gasteiger partial charge >= 0.3 is 0 Å². The third-order valence-electron chi connectivity index (χ3n) is 8.17. The SMILES string of the molecule is C[C@@H]1C=CC[C@@H]2C(=O)N(c3ccc(N4C(=O)[C@@H]5[C@H]6CC[C@H](C6)[C@@H]5C4=O)cc3)C(=O)[C@H]12. The molecule has 1 aromatic rings. The molecule has 6 nitrogen and oxygen atoms in total. The number of rotatable bonds is 2. The average molecular weight is 404 g/mol. The van der Waals surface area contributed by atoms with E-state index in [-0.39, 0.29) is 53.2 Å². The van der Waals surface area contributed by atoms with Crippen LogP contribution in [0.2, 0.25) is 0 Å². The Morgan fingerprint density at radius 1 is 0.733 bits per heavy atom. The van der Waals surface area contributed by atoms with Crippen molar-refractivity contribution in [3.05, 3.63) is 36.4 Å². The first-order chi connectivity index (χ1) is 14.5. The molecule has 4 amide bonds. The minimum Gasteiger partial charge on any atom is -0.274 e. The van der Waals surface area contributed by atoms with Crippen LogP contribution in [0, 0.1) is 41.4 Å². The van der Waals surface area contributed by atoms with Crippen molar-refractivity contribution in [2.75, 3.05) is 9.80 Å². The van der Waals surface area contributed by atoms with Crippen molar-refractivity contribution in [2.24, 2.45) is 41.4 Å². The van der Waals surface area contributed by atoms with Gasteiger partial charge in [-0.3, -0.25) is 29.0 Å². The molecule has 2 saturated heterocycles. The molecule has 2 aliphatic heterocycles. The Morgan fingerprint density at radius 2 is 1.23 bits per heavy atom. The maximum absolute atomic E-state index is 13.0. The lowest BCUT2D eigenvalue weighted by Crippen LogP contribution is -2.33. The number of anilines is 2. The Kier molecular flexibility index (Phi) is 3.68. The predicted molar refractivity (Wildman–Crippen MR) is 109 cm³/mol. The van der Waals surface area contributed by atoms with E-state index >= 15 is 0 Å². The van der Waals surface area contributed by atoms with Crippen LogP contribution in [-0.2, 0) is 19.2 Å². The van der Waals surface area contributed by atoms with E-state index in [1.54, 1.807) is 24.3 Å². The average Bonchev–Trinajstić information content (AvgIpc) is 3.47. The molecule has 7 atom stereocenters. The van der Waals surface area contributed by atoms with Gasteiger partial charge in [-0.1, -0.05) is 19.1 Å². The molecule has 4 fully saturated rings. The highest BCUT2D eigenvalue weighted by molar-refractivity contribution is 6.24. The monoisotopic (exact) mass is 404 g/mol. The summed E-state index contributed by atoms with van der Waals surface area (Å²) in [5.74, 6) is -0.661. The van der Waals surface area contributed by atoms with Crippen LogP contribution < -0.4 is 9.80 Å². The molecule has 0 spiro atoms. The smallest absolute Gasteiger partial charge is 0.238 e. The molecule has 2 heterocycles. The molecule has 154 valence electrons. The normalized spacial score (nSPS) is 39.3. The van der Waals surface area contributed by atoms with Crippen LogP contribution in [0.4, 0.5) is 11.4 Å². The third-order valence-corrected chi connectivity index (χ3v) is 8.17. The standard InChI is InChI=1S/C24H24N2O4/c1-12-3-2-4-17-18(12)22(28)25(21(17)27)15-7-9-16(10-8-15)26-23(29)19-13-5-6-14(11-13)20(19)24(26)30/h2-3,7-10,12-14,17-20H,4-6,11H2,1H3/t12-,13-,14+,17+,18-,19+,20-/m1/s1. The molecule has 1 aromatic carbocycles. The number of allylic oxidation sites excluding steroid dienone is 2. The van der Waals surface area contributed by atoms with E-state index < -0.39 is 0 Å². The molecule has 0 radical (unpaired) electrons. The van der Waals surface area contributed by atoms with Crippen molar-refractivity contribution < 1.29 is 19.2 Å². The first kappa shape index (κ1) is 18.0. The van der Waals surface area contributed by atoms with Crippen LogP contribution in [0.25, 0.3) is 0 Å². The van der Waals surface area contributed by atoms with Gasteiger partial charge in [-0.15, -0.1) is 0 Å². The fourth-order valence-electron chi connectivity index (χ4n) is 6.82. The largest absolute Gasteiger partial charge is 0.274 e. The first-order valence-corrected chi connectivity index (χ1v) is 11.0. The van der Waals surface area contributed by atoms with Gasteiger partial charge in [-0.05, 0) is 67.7 Å². The number of carbonyl (C=O) groups excluding carboxylic acids is 4. The summed E-state index contributed by atoms with van der Waals surface area (Å²) in [5, 5.41) is 0. The van der Waals surface area contributed by atoms with Gasteiger partial charge in [0.05, 0.1) is 35.0 Å². The zero-order valence-corrected chi connectivity index (χ0v) is 16.9. The van der Waals surface area contributed by atoms with Crippen LogP contribution in [0.3, 0.4) is 0 Å². The summed E-state index contributed by atoms with van der Waals surface area (Å²) in [6, 6.07) is 6.75. The van der Waals surface area contributed by atoms with Gasteiger partial charge in [0.1, 0.15) is 0 Å². The third kappa shape index (κ3) is 2.19. The minimum atomic E-state index is -0.307. The molecule has 2 bridgehead atoms. The van der Waals surface area contributed by atoms with E-state index in [0.717, 1.165) is 19.3 Å². The highest BCUT2D eigenvalue weighted by Crippen LogP contribution is 2.56. The van der Waals surface area contributed by atoms with Crippen LogP contribution in [0.5, 0.6) is 0 Å². The highest BCUT2D eigenvalue weighted by Gasteiger charge is 2.61. The molecule has 6 heteroatoms. The maximum atomic E-state index is 13.0. The minimum absolute atomic E-state index is 0.0408. The lowest BCUT2D eigenvalue weighted by atomic mass is 9.78. The highest BCUT2D eigenvalue weighted by atomic mass is 16.2. The second-order valence-corrected chi connectivity index (χ2v) is 9.58. The van der Waals surface area contributed by atoms with Crippen molar-refractivity contribution in [3.8, 4) is 0 Å². The quantitative estimate of drug-likeness (QED) is 0.561. The van der Waals surface area contributed by atoms with Gasteiger partial charge in [0.2, 0.25) is 23.6 Å². The number of fused-ring (bicyclic) bond motifs is 6. The van der Waals surface area contributed by atoms with Crippen LogP contribution in [0.15, 0.2) is 36.4 Å². The Labute approximate surface area is 174 Å². The maximum Gasteiger partial charge on any atom is 0.238 e. The van der Waals surface area contributed by atoms with Gasteiger partial charge in [0.15, 0.2) is 0 Å². The summed E-state index contributed by atoms with van der Waals surface area (Å²) < 4.78 is 0. The summed E-state index contributed by atoms with van der Waals surface area (Å²) in [4.78, 5) is 54.5. The van der Waals surface area contributed by atoms with Crippen LogP contribution in [-0.4, -0.2) is 23.6 Å². The summed E-state index contributed by atoms with van der Waals surface area (Å²) in [7, 11) is 0. The van der Waals surface area contributed by atoms with Gasteiger partial charge in [0.25, 0.3) is 0 Å². The zero-order valence-electron chi connectivity index (χ0n) is 16.9. The number of benzene rings is 1. The van der Waals surface area contributed by atoms with E-state index in [1.807, 2.05) is 19.1 Å². The Balaban J connectivity index is 1.28. The Hall–Kier alpha value is -2.76. The van der Waals surface area contributed by atoms with Gasteiger partial charge in [-0.2, -0.15) is 0 Å². The summed E-state index contributed by atoms with van der Waals surface area (Å²) in [6.07, 6.45) is 7.69. The topological polar surface area (TPSA) is 74.8 Å². The van der Waals surface area contributed by atoms with Gasteiger partial charge in [0, 0.05) is 0 Å². The predicted octanol–water partition coefficient (Wildman–Crippen LogP) is 2.92. The van der Waals surface area contributed by atoms with E-state index in [9.17, 15) is 19.2 Å². The van der Waals surface area contributed by atoms with E-state index in [1.165, 1.54) is 9.80 Å². The molecule has 0 unspecified atom stereocenters. The van der Waals surface area contributed by atoms with E-state index in [4.69, 9.17) is 0 Å². The summed E-state index contributed by atoms with van der Waals surface area (Å²) >= 11 is 0. The van der Waals surface area contributed by atoms with Crippen LogP contribution >= 0.6 is 0 Å². The lowest BCUT2D eigenvalue weighted by molar-refractivity contribution is -0.124. The number of imide groups is 2. The van der Waals surface area contributed by atoms with E-state index in [2.05, 4.69) is 0 Å². The van der Waals surface area contributed by atoms with Crippen LogP contribution in [0.1, 0.15) is 32.6 Å². The molecule has 30 heavy (non-hydrogen) atoms. The van der Waals surface area contributed by atoms with Gasteiger partial charge in [-0.25, -0.2) is 0 Å². The Morgan fingerprint density at radius 3 is 1.77 bits per heavy atom. The fraction of sp³-hybridized carbons (Fsp3) is 0.500. The number of nitrogens with zero attached hydrogens (tertiary/aromatic N) is 2. The summed E-state index contributed by atoms with van der Waals surface area (Å²) in [6.45, 7) is 1.97. The number of amides is 4. The molecule has 2 saturated carbocycles. The van der Waals surface area contributed by atoms with Crippen molar-refractivity contribution in [2.45, 2.75) is 32.6 Å². The zero-order chi connectivity index (χ0) is 20.7. The molecule has 5 aliphatic rings.